The van der Waals surface area contributed by atoms with Crippen LogP contribution in [0.2, 0.25) is 0 Å². The minimum absolute atomic E-state index is 0.752. The van der Waals surface area contributed by atoms with Crippen LogP contribution >= 0.6 is 0 Å². The van der Waals surface area contributed by atoms with Gasteiger partial charge in [0.25, 0.3) is 0 Å². The molecular weight excluding hydrogens is 182 g/mol. The van der Waals surface area contributed by atoms with E-state index in [-0.39, 0.29) is 0 Å². The Labute approximate surface area is 83.8 Å². The van der Waals surface area contributed by atoms with Gasteiger partial charge < -0.3 is 14.6 Å². The number of hydrogen-bond acceptors (Lipinski definition) is 5. The third-order valence-electron chi connectivity index (χ3n) is 1.78. The molecule has 1 aromatic rings. The zero-order chi connectivity index (χ0) is 10.1. The molecule has 1 aromatic heterocycles. The molecule has 1 N–H and O–H groups in total. The molecule has 1 heterocycles. The molecule has 0 unspecified atom stereocenters. The average Bonchev–Trinajstić information content (AvgIpc) is 2.69. The molecule has 5 nitrogen and oxygen atoms in total. The fourth-order valence-corrected chi connectivity index (χ4v) is 1.07. The van der Waals surface area contributed by atoms with Gasteiger partial charge in [0.1, 0.15) is 0 Å². The van der Waals surface area contributed by atoms with E-state index in [1.54, 1.807) is 0 Å². The molecule has 0 atom stereocenters. The number of aromatic nitrogens is 2. The molecular formula is C9H17N3O2. The van der Waals surface area contributed by atoms with Crippen molar-refractivity contribution in [3.63, 3.8) is 0 Å². The van der Waals surface area contributed by atoms with Crippen LogP contribution in [0.3, 0.4) is 0 Å². The fraction of sp³-hybridized carbons (Fsp3) is 0.778. The van der Waals surface area contributed by atoms with Crippen LogP contribution in [0.4, 0.5) is 0 Å². The van der Waals surface area contributed by atoms with Gasteiger partial charge in [-0.2, -0.15) is 4.98 Å². The Morgan fingerprint density at radius 3 is 3.14 bits per heavy atom. The molecule has 0 amide bonds. The third kappa shape index (κ3) is 4.94. The maximum Gasteiger partial charge on any atom is 0.213 e. The van der Waals surface area contributed by atoms with Gasteiger partial charge in [-0.25, -0.2) is 0 Å². The lowest BCUT2D eigenvalue weighted by molar-refractivity contribution is 0.145. The van der Waals surface area contributed by atoms with E-state index in [4.69, 9.17) is 4.74 Å². The summed E-state index contributed by atoms with van der Waals surface area (Å²) < 4.78 is 9.82. The summed E-state index contributed by atoms with van der Waals surface area (Å²) >= 11 is 0. The van der Waals surface area contributed by atoms with Crippen molar-refractivity contribution < 1.29 is 9.26 Å². The van der Waals surface area contributed by atoms with Crippen LogP contribution in [0.1, 0.15) is 19.2 Å². The molecule has 14 heavy (non-hydrogen) atoms. The zero-order valence-corrected chi connectivity index (χ0v) is 8.53. The molecule has 0 aliphatic carbocycles. The molecule has 0 aliphatic rings. The summed E-state index contributed by atoms with van der Waals surface area (Å²) in [5, 5.41) is 6.99. The van der Waals surface area contributed by atoms with Gasteiger partial charge in [-0.05, 0) is 19.9 Å². The maximum absolute atomic E-state index is 5.21. The van der Waals surface area contributed by atoms with Crippen LogP contribution < -0.4 is 5.32 Å². The lowest BCUT2D eigenvalue weighted by Crippen LogP contribution is -2.20. The third-order valence-corrected chi connectivity index (χ3v) is 1.78. The first-order chi connectivity index (χ1) is 6.93. The van der Waals surface area contributed by atoms with Crippen molar-refractivity contribution in [1.29, 1.82) is 0 Å². The molecule has 0 saturated carbocycles. The van der Waals surface area contributed by atoms with Gasteiger partial charge in [-0.1, -0.05) is 5.16 Å². The lowest BCUT2D eigenvalue weighted by atomic mass is 10.4. The monoisotopic (exact) mass is 199 g/mol. The number of nitrogens with one attached hydrogen (secondary N) is 1. The van der Waals surface area contributed by atoms with Gasteiger partial charge in [0.15, 0.2) is 5.82 Å². The molecule has 0 bridgehead atoms. The first kappa shape index (κ1) is 11.1. The molecule has 0 aromatic carbocycles. The van der Waals surface area contributed by atoms with E-state index in [1.165, 1.54) is 6.39 Å². The Hall–Kier alpha value is -0.940. The van der Waals surface area contributed by atoms with Crippen molar-refractivity contribution >= 4 is 0 Å². The van der Waals surface area contributed by atoms with E-state index < -0.39 is 0 Å². The van der Waals surface area contributed by atoms with Crippen LogP contribution in [0, 0.1) is 0 Å². The Morgan fingerprint density at radius 2 is 2.43 bits per heavy atom. The molecule has 0 fully saturated rings. The molecule has 1 rings (SSSR count). The first-order valence-corrected chi connectivity index (χ1v) is 4.97. The molecule has 0 spiro atoms. The second-order valence-electron chi connectivity index (χ2n) is 2.90. The highest BCUT2D eigenvalue weighted by atomic mass is 16.5. The van der Waals surface area contributed by atoms with E-state index in [0.29, 0.717) is 0 Å². The minimum Gasteiger partial charge on any atom is -0.382 e. The van der Waals surface area contributed by atoms with Crippen LogP contribution in [-0.4, -0.2) is 36.4 Å². The van der Waals surface area contributed by atoms with Gasteiger partial charge in [0.05, 0.1) is 0 Å². The summed E-state index contributed by atoms with van der Waals surface area (Å²) in [6.07, 6.45) is 3.20. The largest absolute Gasteiger partial charge is 0.382 e. The number of ether oxygens (including phenoxy) is 1. The summed E-state index contributed by atoms with van der Waals surface area (Å²) in [4.78, 5) is 3.92. The van der Waals surface area contributed by atoms with E-state index in [2.05, 4.69) is 20.0 Å². The normalized spacial score (nSPS) is 10.6. The molecule has 0 radical (unpaired) electrons. The second kappa shape index (κ2) is 7.46. The number of rotatable bonds is 8. The number of hydrogen-bond donors (Lipinski definition) is 1. The van der Waals surface area contributed by atoms with Crippen molar-refractivity contribution in [3.05, 3.63) is 12.2 Å². The number of nitrogens with zero attached hydrogens (tertiary/aromatic N) is 2. The Morgan fingerprint density at radius 1 is 1.50 bits per heavy atom. The predicted octanol–water partition coefficient (Wildman–Crippen LogP) is 0.628. The Kier molecular flexibility index (Phi) is 5.94. The SMILES string of the molecule is CCOCCCNCCc1ncon1. The molecule has 5 heteroatoms. The van der Waals surface area contributed by atoms with Crippen molar-refractivity contribution in [2.24, 2.45) is 0 Å². The van der Waals surface area contributed by atoms with E-state index >= 15 is 0 Å². The van der Waals surface area contributed by atoms with Crippen LogP contribution in [0.25, 0.3) is 0 Å². The highest BCUT2D eigenvalue weighted by molar-refractivity contribution is 4.78. The molecule has 0 aliphatic heterocycles. The summed E-state index contributed by atoms with van der Waals surface area (Å²) in [7, 11) is 0. The van der Waals surface area contributed by atoms with Crippen LogP contribution in [-0.2, 0) is 11.2 Å². The van der Waals surface area contributed by atoms with Crippen molar-refractivity contribution in [3.8, 4) is 0 Å². The van der Waals surface area contributed by atoms with E-state index in [0.717, 1.165) is 45.0 Å². The standard InChI is InChI=1S/C9H17N3O2/c1-2-13-7-3-5-10-6-4-9-11-8-14-12-9/h8,10H,2-7H2,1H3. The predicted molar refractivity (Wildman–Crippen MR) is 52.0 cm³/mol. The first-order valence-electron chi connectivity index (χ1n) is 4.97. The summed E-state index contributed by atoms with van der Waals surface area (Å²) in [6, 6.07) is 0. The second-order valence-corrected chi connectivity index (χ2v) is 2.90. The van der Waals surface area contributed by atoms with Crippen molar-refractivity contribution in [2.45, 2.75) is 19.8 Å². The average molecular weight is 199 g/mol. The Balaban J connectivity index is 1.85. The summed E-state index contributed by atoms with van der Waals surface area (Å²) in [5.74, 6) is 0.752. The highest BCUT2D eigenvalue weighted by Crippen LogP contribution is 1.88. The highest BCUT2D eigenvalue weighted by Gasteiger charge is 1.96. The fourth-order valence-electron chi connectivity index (χ4n) is 1.07. The van der Waals surface area contributed by atoms with Gasteiger partial charge in [0.2, 0.25) is 6.39 Å². The van der Waals surface area contributed by atoms with Crippen molar-refractivity contribution in [2.75, 3.05) is 26.3 Å². The van der Waals surface area contributed by atoms with E-state index in [9.17, 15) is 0 Å². The van der Waals surface area contributed by atoms with Crippen molar-refractivity contribution in [1.82, 2.24) is 15.5 Å². The van der Waals surface area contributed by atoms with Gasteiger partial charge in [-0.3, -0.25) is 0 Å². The zero-order valence-electron chi connectivity index (χ0n) is 8.53. The summed E-state index contributed by atoms with van der Waals surface area (Å²) in [5.41, 5.74) is 0. The van der Waals surface area contributed by atoms with Gasteiger partial charge in [-0.15, -0.1) is 0 Å². The van der Waals surface area contributed by atoms with Gasteiger partial charge >= 0.3 is 0 Å². The topological polar surface area (TPSA) is 60.2 Å². The molecule has 80 valence electrons. The summed E-state index contributed by atoms with van der Waals surface area (Å²) in [6.45, 7) is 5.47. The quantitative estimate of drug-likeness (QED) is 0.622. The lowest BCUT2D eigenvalue weighted by Gasteiger charge is -2.02. The van der Waals surface area contributed by atoms with Crippen LogP contribution in [0.15, 0.2) is 10.9 Å². The molecule has 0 saturated heterocycles. The van der Waals surface area contributed by atoms with E-state index in [1.807, 2.05) is 6.92 Å². The maximum atomic E-state index is 5.21. The Bertz CT molecular complexity index is 214. The smallest absolute Gasteiger partial charge is 0.213 e. The van der Waals surface area contributed by atoms with Crippen LogP contribution in [0.5, 0.6) is 0 Å². The van der Waals surface area contributed by atoms with Gasteiger partial charge in [0, 0.05) is 26.2 Å². The minimum atomic E-state index is 0.752.